The number of benzene rings is 3. The maximum atomic E-state index is 15.6. The number of rotatable bonds is 12. The third-order valence-corrected chi connectivity index (χ3v) is 14.9. The highest BCUT2D eigenvalue weighted by molar-refractivity contribution is 5.99. The Kier molecular flexibility index (Phi) is 18.7. The van der Waals surface area contributed by atoms with E-state index in [9.17, 15) is 14.0 Å². The molecule has 4 N–H and O–H groups in total. The number of halogens is 1. The number of hydrogen-bond acceptors (Lipinski definition) is 9. The van der Waals surface area contributed by atoms with Crippen LogP contribution in [0.15, 0.2) is 110 Å². The Morgan fingerprint density at radius 3 is 2.01 bits per heavy atom. The molecular formula is C60H75FN10O7. The summed E-state index contributed by atoms with van der Waals surface area (Å²) in [5, 5.41) is 13.2. The summed E-state index contributed by atoms with van der Waals surface area (Å²) < 4.78 is 16.4. The highest BCUT2D eigenvalue weighted by Gasteiger charge is 2.41. The first-order chi connectivity index (χ1) is 37.1. The van der Waals surface area contributed by atoms with E-state index in [1.54, 1.807) is 18.3 Å². The Balaban J connectivity index is 1.38. The largest absolute Gasteiger partial charge is 0.343 e. The first kappa shape index (κ1) is 57.9. The smallest absolute Gasteiger partial charge is 0.246 e. The first-order valence-electron chi connectivity index (χ1n) is 26.9. The maximum absolute atomic E-state index is 15.6. The van der Waals surface area contributed by atoms with Crippen LogP contribution in [0.2, 0.25) is 0 Å². The highest BCUT2D eigenvalue weighted by Crippen LogP contribution is 2.30. The molecule has 17 nitrogen and oxygen atoms in total. The van der Waals surface area contributed by atoms with Crippen molar-refractivity contribution in [1.29, 1.82) is 0 Å². The van der Waals surface area contributed by atoms with E-state index >= 15 is 24.0 Å². The second-order valence-electron chi connectivity index (χ2n) is 22.2. The van der Waals surface area contributed by atoms with Gasteiger partial charge in [-0.2, -0.15) is 0 Å². The topological polar surface area (TPSA) is 208 Å². The Labute approximate surface area is 456 Å². The fourth-order valence-corrected chi connectivity index (χ4v) is 10.4. The van der Waals surface area contributed by atoms with Crippen LogP contribution in [0, 0.1) is 17.7 Å². The van der Waals surface area contributed by atoms with Crippen LogP contribution < -0.4 is 21.3 Å². The lowest BCUT2D eigenvalue weighted by Gasteiger charge is -2.38. The zero-order valence-electron chi connectivity index (χ0n) is 46.3. The van der Waals surface area contributed by atoms with Gasteiger partial charge in [-0.1, -0.05) is 82.3 Å². The average molecular weight is 1070 g/mol. The van der Waals surface area contributed by atoms with Gasteiger partial charge in [-0.05, 0) is 105 Å². The van der Waals surface area contributed by atoms with E-state index in [1.165, 1.54) is 66.3 Å². The SMILES string of the molecule is C=CC(C)(C)n1cc(C[C@@H]2NC(=O)[C@H](Cc3ccc(F)cc3)NC(=O)[C@H](CC(C)C)N3CC/C=C\C[C@@H](C3=O)N(C)C(=O)[C@H](C)NC(=O)[C@H](Cc3ccc4ncncc4c3)NC(=O)[C@H](CC(C)C)N(C)C2=O)c2ccccc21. The maximum Gasteiger partial charge on any atom is 0.246 e. The van der Waals surface area contributed by atoms with E-state index in [0.717, 1.165) is 10.9 Å². The Morgan fingerprint density at radius 2 is 1.33 bits per heavy atom. The zero-order valence-corrected chi connectivity index (χ0v) is 46.3. The lowest BCUT2D eigenvalue weighted by molar-refractivity contribution is -0.150. The number of fused-ring (bicyclic) bond motifs is 4. The second-order valence-corrected chi connectivity index (χ2v) is 22.2. The van der Waals surface area contributed by atoms with Gasteiger partial charge in [0.1, 0.15) is 54.4 Å². The minimum Gasteiger partial charge on any atom is -0.343 e. The van der Waals surface area contributed by atoms with Crippen LogP contribution in [0.3, 0.4) is 0 Å². The number of amides is 7. The molecule has 2 aromatic heterocycles. The Bertz CT molecular complexity index is 3060. The molecule has 1 saturated heterocycles. The van der Waals surface area contributed by atoms with Crippen LogP contribution in [-0.4, -0.2) is 134 Å². The van der Waals surface area contributed by atoms with Gasteiger partial charge >= 0.3 is 0 Å². The van der Waals surface area contributed by atoms with Crippen molar-refractivity contribution in [2.45, 2.75) is 141 Å². The first-order valence-corrected chi connectivity index (χ1v) is 26.9. The molecule has 1 fully saturated rings. The van der Waals surface area contributed by atoms with Crippen molar-refractivity contribution in [3.8, 4) is 0 Å². The predicted octanol–water partition coefficient (Wildman–Crippen LogP) is 5.94. The molecule has 7 amide bonds. The van der Waals surface area contributed by atoms with Crippen molar-refractivity contribution in [1.82, 2.24) is 50.5 Å². The minimum absolute atomic E-state index is 0.0381. The normalized spacial score (nSPS) is 23.4. The third-order valence-electron chi connectivity index (χ3n) is 14.9. The van der Waals surface area contributed by atoms with Gasteiger partial charge in [0.25, 0.3) is 0 Å². The van der Waals surface area contributed by atoms with E-state index in [2.05, 4.69) is 37.8 Å². The standard InChI is InChI=1S/C60H75FN10O7/c1-11-60(7,8)71-34-42(44-17-14-15-18-49(44)71)32-48-58(77)69(10)51(27-36(2)3)55(74)65-47(31-40-22-25-45-41(29-40)33-62-35-63-45)53(72)64-38(6)57(76)68(9)50-19-13-12-16-26-70(59(50)78)52(28-37(4)5)56(75)66-46(54(73)67-48)30-39-20-23-43(61)24-21-39/h11-15,17-18,20-25,29,33-38,46-48,50-52H,1,16,19,26-28,30-32H2,2-10H3,(H,64,72)(H,65,74)(H,66,75)(H,67,73)/b13-12-/t38-,46-,47-,48-,50-,51-,52-/m0/s1. The molecule has 2 aliphatic heterocycles. The number of carbonyl (C=O) groups excluding carboxylic acids is 7. The molecule has 2 aliphatic rings. The van der Waals surface area contributed by atoms with Gasteiger partial charge in [-0.3, -0.25) is 33.6 Å². The van der Waals surface area contributed by atoms with Gasteiger partial charge in [0, 0.05) is 68.6 Å². The van der Waals surface area contributed by atoms with Crippen LogP contribution >= 0.6 is 0 Å². The van der Waals surface area contributed by atoms with Crippen molar-refractivity contribution in [3.63, 3.8) is 0 Å². The molecule has 4 heterocycles. The molecule has 18 heteroatoms. The molecule has 2 bridgehead atoms. The van der Waals surface area contributed by atoms with Gasteiger partial charge in [0.2, 0.25) is 41.4 Å². The van der Waals surface area contributed by atoms with Crippen LogP contribution in [-0.2, 0) is 58.4 Å². The number of hydrogen-bond donors (Lipinski definition) is 4. The summed E-state index contributed by atoms with van der Waals surface area (Å²) in [5.41, 5.74) is 2.78. The summed E-state index contributed by atoms with van der Waals surface area (Å²) in [5.74, 6) is -5.27. The van der Waals surface area contributed by atoms with Crippen molar-refractivity contribution < 1.29 is 38.0 Å². The molecule has 7 rings (SSSR count). The molecular weight excluding hydrogens is 992 g/mol. The molecule has 0 saturated carbocycles. The lowest BCUT2D eigenvalue weighted by atomic mass is 9.97. The van der Waals surface area contributed by atoms with Crippen LogP contribution in [0.25, 0.3) is 21.8 Å². The molecule has 0 radical (unpaired) electrons. The zero-order chi connectivity index (χ0) is 56.6. The summed E-state index contributed by atoms with van der Waals surface area (Å²) in [6.45, 7) is 17.3. The number of nitrogens with one attached hydrogen (secondary N) is 4. The number of para-hydroxylation sites is 1. The second kappa shape index (κ2) is 25.1. The number of allylic oxidation sites excluding steroid dienone is 1. The fourth-order valence-electron chi connectivity index (χ4n) is 10.4. The van der Waals surface area contributed by atoms with Crippen LogP contribution in [0.5, 0.6) is 0 Å². The van der Waals surface area contributed by atoms with Crippen molar-refractivity contribution in [3.05, 3.63) is 133 Å². The van der Waals surface area contributed by atoms with Crippen LogP contribution in [0.4, 0.5) is 4.39 Å². The van der Waals surface area contributed by atoms with E-state index in [0.29, 0.717) is 34.0 Å². The molecule has 0 spiro atoms. The highest BCUT2D eigenvalue weighted by atomic mass is 19.1. The molecule has 0 aliphatic carbocycles. The monoisotopic (exact) mass is 1070 g/mol. The molecule has 7 atom stereocenters. The van der Waals surface area contributed by atoms with E-state index in [4.69, 9.17) is 0 Å². The Morgan fingerprint density at radius 1 is 0.718 bits per heavy atom. The third kappa shape index (κ3) is 13.7. The van der Waals surface area contributed by atoms with Crippen molar-refractivity contribution >= 4 is 63.2 Å². The quantitative estimate of drug-likeness (QED) is 0.109. The summed E-state index contributed by atoms with van der Waals surface area (Å²) >= 11 is 0. The van der Waals surface area contributed by atoms with E-state index in [-0.39, 0.29) is 56.9 Å². The number of nitrogens with zero attached hydrogens (tertiary/aromatic N) is 6. The fraction of sp³-hybridized carbons (Fsp3) is 0.450. The van der Waals surface area contributed by atoms with Gasteiger partial charge in [-0.25, -0.2) is 14.4 Å². The Hall–Kier alpha value is -7.76. The molecule has 5 aromatic rings. The summed E-state index contributed by atoms with van der Waals surface area (Å²) in [4.78, 5) is 118. The van der Waals surface area contributed by atoms with Gasteiger partial charge < -0.3 is 40.5 Å². The molecule has 78 heavy (non-hydrogen) atoms. The van der Waals surface area contributed by atoms with Gasteiger partial charge in [0.05, 0.1) is 11.1 Å². The number of carbonyl (C=O) groups is 7. The number of aromatic nitrogens is 3. The van der Waals surface area contributed by atoms with Gasteiger partial charge in [-0.15, -0.1) is 6.58 Å². The lowest BCUT2D eigenvalue weighted by Crippen LogP contribution is -2.61. The number of likely N-dealkylation sites (N-methyl/N-ethyl adjacent to an activating group) is 2. The summed E-state index contributed by atoms with van der Waals surface area (Å²) in [6.07, 6.45) is 11.1. The molecule has 3 aromatic carbocycles. The van der Waals surface area contributed by atoms with Gasteiger partial charge in [0.15, 0.2) is 0 Å². The van der Waals surface area contributed by atoms with E-state index < -0.39 is 95.0 Å². The average Bonchev–Trinajstić information content (AvgIpc) is 3.89. The predicted molar refractivity (Wildman–Crippen MR) is 298 cm³/mol. The summed E-state index contributed by atoms with van der Waals surface area (Å²) in [7, 11) is 2.96. The van der Waals surface area contributed by atoms with Crippen molar-refractivity contribution in [2.24, 2.45) is 11.8 Å². The molecule has 414 valence electrons. The van der Waals surface area contributed by atoms with E-state index in [1.807, 2.05) is 101 Å². The van der Waals surface area contributed by atoms with Crippen LogP contribution in [0.1, 0.15) is 90.8 Å². The minimum atomic E-state index is -1.37. The van der Waals surface area contributed by atoms with Crippen molar-refractivity contribution in [2.75, 3.05) is 20.6 Å². The molecule has 0 unspecified atom stereocenters. The summed E-state index contributed by atoms with van der Waals surface area (Å²) in [6, 6.07) is 9.96.